The Hall–Kier alpha value is -1.59. The van der Waals surface area contributed by atoms with Gasteiger partial charge < -0.3 is 14.2 Å². The van der Waals surface area contributed by atoms with E-state index < -0.39 is 6.10 Å². The van der Waals surface area contributed by atoms with Crippen molar-refractivity contribution < 1.29 is 28.6 Å². The molecule has 1 atom stereocenters. The van der Waals surface area contributed by atoms with Gasteiger partial charge in [-0.3, -0.25) is 14.4 Å². The van der Waals surface area contributed by atoms with E-state index in [1.807, 2.05) is 0 Å². The van der Waals surface area contributed by atoms with Gasteiger partial charge in [-0.25, -0.2) is 0 Å². The Balaban J connectivity index is 4.29. The summed E-state index contributed by atoms with van der Waals surface area (Å²) in [5.41, 5.74) is 0. The molecule has 0 aliphatic carbocycles. The summed E-state index contributed by atoms with van der Waals surface area (Å²) in [5, 5.41) is 0. The molecule has 0 bridgehead atoms. The Morgan fingerprint density at radius 2 is 0.702 bits per heavy atom. The molecular weight excluding hydrogens is 588 g/mol. The molecule has 0 rings (SSSR count). The van der Waals surface area contributed by atoms with Gasteiger partial charge in [-0.15, -0.1) is 0 Å². The molecule has 6 nitrogen and oxygen atoms in total. The Morgan fingerprint density at radius 3 is 1.04 bits per heavy atom. The number of esters is 3. The summed E-state index contributed by atoms with van der Waals surface area (Å²) in [6.45, 7) is 8.89. The summed E-state index contributed by atoms with van der Waals surface area (Å²) in [6.07, 6.45) is 32.4. The van der Waals surface area contributed by atoms with E-state index in [0.29, 0.717) is 19.3 Å². The van der Waals surface area contributed by atoms with Crippen molar-refractivity contribution in [3.63, 3.8) is 0 Å². The van der Waals surface area contributed by atoms with E-state index >= 15 is 0 Å². The van der Waals surface area contributed by atoms with Crippen molar-refractivity contribution in [2.24, 2.45) is 5.92 Å². The van der Waals surface area contributed by atoms with Crippen molar-refractivity contribution in [2.75, 3.05) is 13.2 Å². The van der Waals surface area contributed by atoms with Gasteiger partial charge in [0.15, 0.2) is 6.10 Å². The predicted octanol–water partition coefficient (Wildman–Crippen LogP) is 12.4. The monoisotopic (exact) mass is 667 g/mol. The van der Waals surface area contributed by atoms with E-state index in [9.17, 15) is 14.4 Å². The highest BCUT2D eigenvalue weighted by Gasteiger charge is 2.19. The smallest absolute Gasteiger partial charge is 0.306 e. The molecule has 0 amide bonds. The molecule has 47 heavy (non-hydrogen) atoms. The van der Waals surface area contributed by atoms with Crippen LogP contribution in [-0.4, -0.2) is 37.2 Å². The average molecular weight is 667 g/mol. The normalized spacial score (nSPS) is 11.9. The van der Waals surface area contributed by atoms with E-state index in [-0.39, 0.29) is 31.1 Å². The zero-order valence-electron chi connectivity index (χ0n) is 31.7. The highest BCUT2D eigenvalue weighted by atomic mass is 16.6. The van der Waals surface area contributed by atoms with Crippen LogP contribution in [0.4, 0.5) is 0 Å². The molecule has 0 aromatic rings. The van der Waals surface area contributed by atoms with Crippen LogP contribution in [0, 0.1) is 5.92 Å². The Morgan fingerprint density at radius 1 is 0.404 bits per heavy atom. The predicted molar refractivity (Wildman–Crippen MR) is 196 cm³/mol. The van der Waals surface area contributed by atoms with Crippen LogP contribution in [-0.2, 0) is 28.6 Å². The second-order valence-electron chi connectivity index (χ2n) is 14.4. The van der Waals surface area contributed by atoms with Crippen LogP contribution in [0.5, 0.6) is 0 Å². The minimum Gasteiger partial charge on any atom is -0.462 e. The molecule has 0 spiro atoms. The number of carbonyl (C=O) groups excluding carboxylic acids is 3. The molecule has 0 fully saturated rings. The fourth-order valence-electron chi connectivity index (χ4n) is 5.92. The van der Waals surface area contributed by atoms with E-state index in [0.717, 1.165) is 63.7 Å². The molecule has 0 radical (unpaired) electrons. The van der Waals surface area contributed by atoms with Gasteiger partial charge in [-0.1, -0.05) is 182 Å². The van der Waals surface area contributed by atoms with E-state index in [2.05, 4.69) is 27.7 Å². The van der Waals surface area contributed by atoms with Crippen molar-refractivity contribution in [3.8, 4) is 0 Å². The summed E-state index contributed by atoms with van der Waals surface area (Å²) in [5.74, 6) is -0.0734. The van der Waals surface area contributed by atoms with Crippen LogP contribution in [0.1, 0.15) is 220 Å². The first-order valence-corrected chi connectivity index (χ1v) is 20.4. The van der Waals surface area contributed by atoms with Crippen molar-refractivity contribution in [3.05, 3.63) is 0 Å². The Kier molecular flexibility index (Phi) is 34.5. The van der Waals surface area contributed by atoms with Crippen LogP contribution in [0.3, 0.4) is 0 Å². The lowest BCUT2D eigenvalue weighted by molar-refractivity contribution is -0.167. The maximum Gasteiger partial charge on any atom is 0.306 e. The van der Waals surface area contributed by atoms with Gasteiger partial charge in [0.1, 0.15) is 13.2 Å². The van der Waals surface area contributed by atoms with Crippen molar-refractivity contribution in [1.29, 1.82) is 0 Å². The SMILES string of the molecule is CCCCCCCCCCCCCC(=O)OC[C@@H](COC(=O)CCCCCCCCCCC(C)C)OC(=O)CCCCCCCCC. The molecule has 0 aliphatic heterocycles. The first-order chi connectivity index (χ1) is 22.9. The van der Waals surface area contributed by atoms with Crippen LogP contribution in [0.15, 0.2) is 0 Å². The van der Waals surface area contributed by atoms with Gasteiger partial charge in [0.2, 0.25) is 0 Å². The van der Waals surface area contributed by atoms with Crippen LogP contribution in [0.25, 0.3) is 0 Å². The summed E-state index contributed by atoms with van der Waals surface area (Å²) >= 11 is 0. The molecule has 0 heterocycles. The Labute approximate surface area is 291 Å². The third kappa shape index (κ3) is 35.5. The van der Waals surface area contributed by atoms with Crippen molar-refractivity contribution >= 4 is 17.9 Å². The van der Waals surface area contributed by atoms with Crippen LogP contribution < -0.4 is 0 Å². The van der Waals surface area contributed by atoms with Crippen molar-refractivity contribution in [2.45, 2.75) is 226 Å². The van der Waals surface area contributed by atoms with Crippen LogP contribution >= 0.6 is 0 Å². The van der Waals surface area contributed by atoms with Gasteiger partial charge in [0.25, 0.3) is 0 Å². The molecule has 278 valence electrons. The first-order valence-electron chi connectivity index (χ1n) is 20.4. The van der Waals surface area contributed by atoms with E-state index in [1.165, 1.54) is 116 Å². The summed E-state index contributed by atoms with van der Waals surface area (Å²) in [4.78, 5) is 37.4. The lowest BCUT2D eigenvalue weighted by Crippen LogP contribution is -2.30. The average Bonchev–Trinajstić information content (AvgIpc) is 3.05. The number of unbranched alkanes of at least 4 members (excludes halogenated alkanes) is 23. The van der Waals surface area contributed by atoms with E-state index in [4.69, 9.17) is 14.2 Å². The zero-order valence-corrected chi connectivity index (χ0v) is 31.7. The maximum absolute atomic E-state index is 12.5. The topological polar surface area (TPSA) is 78.9 Å². The third-order valence-electron chi connectivity index (χ3n) is 9.04. The molecule has 0 aromatic carbocycles. The molecule has 0 aliphatic rings. The summed E-state index contributed by atoms with van der Waals surface area (Å²) in [6, 6.07) is 0. The van der Waals surface area contributed by atoms with Crippen LogP contribution in [0.2, 0.25) is 0 Å². The zero-order chi connectivity index (χ0) is 34.6. The molecule has 0 saturated heterocycles. The quantitative estimate of drug-likeness (QED) is 0.0376. The fourth-order valence-corrected chi connectivity index (χ4v) is 5.92. The largest absolute Gasteiger partial charge is 0.462 e. The first kappa shape index (κ1) is 45.4. The highest BCUT2D eigenvalue weighted by Crippen LogP contribution is 2.15. The standard InChI is InChI=1S/C41H78O6/c1-5-7-9-11-13-14-15-16-21-24-28-32-39(42)45-35-38(47-41(44)34-30-26-19-12-10-8-6-2)36-46-40(43)33-29-25-22-18-17-20-23-27-31-37(3)4/h37-38H,5-36H2,1-4H3/t38-/m0/s1. The molecule has 0 N–H and O–H groups in total. The van der Waals surface area contributed by atoms with Gasteiger partial charge >= 0.3 is 17.9 Å². The number of rotatable bonds is 36. The maximum atomic E-state index is 12.5. The molecular formula is C41H78O6. The van der Waals surface area contributed by atoms with Gasteiger partial charge in [0.05, 0.1) is 0 Å². The Bertz CT molecular complexity index is 706. The number of ether oxygens (including phenoxy) is 3. The number of hydrogen-bond acceptors (Lipinski definition) is 6. The minimum absolute atomic E-state index is 0.0654. The number of carbonyl (C=O) groups is 3. The molecule has 6 heteroatoms. The fraction of sp³-hybridized carbons (Fsp3) is 0.927. The lowest BCUT2D eigenvalue weighted by Gasteiger charge is -2.18. The van der Waals surface area contributed by atoms with Gasteiger partial charge in [0, 0.05) is 19.3 Å². The van der Waals surface area contributed by atoms with Gasteiger partial charge in [-0.05, 0) is 25.2 Å². The minimum atomic E-state index is -0.757. The van der Waals surface area contributed by atoms with Crippen molar-refractivity contribution in [1.82, 2.24) is 0 Å². The highest BCUT2D eigenvalue weighted by molar-refractivity contribution is 5.71. The summed E-state index contributed by atoms with van der Waals surface area (Å²) < 4.78 is 16.6. The lowest BCUT2D eigenvalue weighted by atomic mass is 10.0. The molecule has 0 aromatic heterocycles. The second kappa shape index (κ2) is 35.7. The second-order valence-corrected chi connectivity index (χ2v) is 14.4. The molecule has 0 saturated carbocycles. The molecule has 0 unspecified atom stereocenters. The summed E-state index contributed by atoms with van der Waals surface area (Å²) in [7, 11) is 0. The third-order valence-corrected chi connectivity index (χ3v) is 9.04. The number of hydrogen-bond donors (Lipinski definition) is 0. The van der Waals surface area contributed by atoms with E-state index in [1.54, 1.807) is 0 Å². The van der Waals surface area contributed by atoms with Gasteiger partial charge in [-0.2, -0.15) is 0 Å².